The van der Waals surface area contributed by atoms with E-state index in [2.05, 4.69) is 32.6 Å². The van der Waals surface area contributed by atoms with Crippen LogP contribution in [0, 0.1) is 0 Å². The maximum absolute atomic E-state index is 6.21. The van der Waals surface area contributed by atoms with Gasteiger partial charge in [-0.15, -0.1) is 5.70 Å². The van der Waals surface area contributed by atoms with Crippen LogP contribution in [0.5, 0.6) is 0 Å². The fourth-order valence-electron chi connectivity index (χ4n) is 1.08. The van der Waals surface area contributed by atoms with Gasteiger partial charge < -0.3 is 0 Å². The molecule has 0 heterocycles. The van der Waals surface area contributed by atoms with Crippen LogP contribution >= 0.6 is 11.1 Å². The number of allylic oxidation sites excluding steroid dienone is 1. The van der Waals surface area contributed by atoms with Crippen LogP contribution in [-0.4, -0.2) is 16.9 Å². The predicted octanol–water partition coefficient (Wildman–Crippen LogP) is 3.33. The third-order valence-electron chi connectivity index (χ3n) is 1.78. The Balaban J connectivity index is 3.29. The van der Waals surface area contributed by atoms with Gasteiger partial charge in [-0.2, -0.15) is 11.1 Å². The van der Waals surface area contributed by atoms with Crippen molar-refractivity contribution in [2.45, 2.75) is 45.5 Å². The molecule has 0 aliphatic carbocycles. The normalized spacial score (nSPS) is 12.4. The summed E-state index contributed by atoms with van der Waals surface area (Å²) in [7, 11) is -1.16. The van der Waals surface area contributed by atoms with E-state index in [1.165, 1.54) is 24.1 Å². The van der Waals surface area contributed by atoms with Crippen LogP contribution < -0.4 is 0 Å². The first kappa shape index (κ1) is 12.5. The van der Waals surface area contributed by atoms with E-state index >= 15 is 0 Å². The topological polar surface area (TPSA) is 0 Å². The first-order valence-corrected chi connectivity index (χ1v) is 10.8. The molecule has 0 rings (SSSR count). The third-order valence-corrected chi connectivity index (χ3v) is 5.90. The second kappa shape index (κ2) is 6.00. The Bertz CT molecular complexity index is 143. The van der Waals surface area contributed by atoms with Crippen molar-refractivity contribution >= 4 is 28.0 Å². The smallest absolute Gasteiger partial charge is 0.150 e. The maximum Gasteiger partial charge on any atom is 0.150 e. The SMILES string of the molecule is CC(C)=C[SiH2]CCC[Si](C)(C)Cl. The van der Waals surface area contributed by atoms with Gasteiger partial charge in [0, 0.05) is 9.52 Å². The van der Waals surface area contributed by atoms with Crippen LogP contribution in [0.15, 0.2) is 11.3 Å². The standard InChI is InChI=1S/C9H21ClSi2/c1-9(2)8-11-6-5-7-12(3,4)10/h8H,5-7,11H2,1-4H3. The highest BCUT2D eigenvalue weighted by Gasteiger charge is 2.15. The van der Waals surface area contributed by atoms with Crippen LogP contribution in [0.1, 0.15) is 20.3 Å². The maximum atomic E-state index is 6.21. The van der Waals surface area contributed by atoms with E-state index in [4.69, 9.17) is 11.1 Å². The highest BCUT2D eigenvalue weighted by Crippen LogP contribution is 2.17. The van der Waals surface area contributed by atoms with Crippen LogP contribution in [0.3, 0.4) is 0 Å². The van der Waals surface area contributed by atoms with E-state index in [9.17, 15) is 0 Å². The van der Waals surface area contributed by atoms with Gasteiger partial charge in [0.1, 0.15) is 7.38 Å². The summed E-state index contributed by atoms with van der Waals surface area (Å²) in [5.74, 6) is 0. The Morgan fingerprint density at radius 1 is 1.42 bits per heavy atom. The fraction of sp³-hybridized carbons (Fsp3) is 0.778. The summed E-state index contributed by atoms with van der Waals surface area (Å²) >= 11 is 6.21. The van der Waals surface area contributed by atoms with E-state index in [1.807, 2.05) is 0 Å². The molecule has 0 aromatic carbocycles. The van der Waals surface area contributed by atoms with Crippen molar-refractivity contribution in [3.63, 3.8) is 0 Å². The zero-order valence-corrected chi connectivity index (χ0v) is 12.0. The van der Waals surface area contributed by atoms with Crippen LogP contribution in [0.2, 0.25) is 25.2 Å². The molecule has 0 bridgehead atoms. The molecule has 0 nitrogen and oxygen atoms in total. The van der Waals surface area contributed by atoms with Crippen molar-refractivity contribution < 1.29 is 0 Å². The molecule has 0 atom stereocenters. The molecule has 0 spiro atoms. The molecule has 0 amide bonds. The Morgan fingerprint density at radius 2 is 2.00 bits per heavy atom. The van der Waals surface area contributed by atoms with Crippen LogP contribution in [0.4, 0.5) is 0 Å². The molecule has 0 saturated carbocycles. The van der Waals surface area contributed by atoms with Gasteiger partial charge in [0.2, 0.25) is 0 Å². The Hall–Kier alpha value is 0.464. The van der Waals surface area contributed by atoms with E-state index in [1.54, 1.807) is 0 Å². The highest BCUT2D eigenvalue weighted by molar-refractivity contribution is 7.19. The lowest BCUT2D eigenvalue weighted by molar-refractivity contribution is 1.05. The summed E-state index contributed by atoms with van der Waals surface area (Å²) in [5, 5.41) is 0. The molecule has 0 N–H and O–H groups in total. The lowest BCUT2D eigenvalue weighted by Gasteiger charge is -2.10. The largest absolute Gasteiger partial charge is 0.168 e. The predicted molar refractivity (Wildman–Crippen MR) is 65.5 cm³/mol. The van der Waals surface area contributed by atoms with Crippen molar-refractivity contribution in [1.82, 2.24) is 0 Å². The van der Waals surface area contributed by atoms with Crippen molar-refractivity contribution in [3.05, 3.63) is 11.3 Å². The molecular weight excluding hydrogens is 200 g/mol. The van der Waals surface area contributed by atoms with Gasteiger partial charge >= 0.3 is 0 Å². The minimum Gasteiger partial charge on any atom is -0.168 e. The zero-order valence-electron chi connectivity index (χ0n) is 8.78. The summed E-state index contributed by atoms with van der Waals surface area (Å²) in [6, 6.07) is 2.73. The molecule has 0 saturated heterocycles. The average Bonchev–Trinajstić information content (AvgIpc) is 1.83. The minimum absolute atomic E-state index is 0.0964. The zero-order chi connectivity index (χ0) is 9.61. The fourth-order valence-corrected chi connectivity index (χ4v) is 4.39. The number of halogens is 1. The van der Waals surface area contributed by atoms with E-state index in [0.717, 1.165) is 0 Å². The molecule has 72 valence electrons. The third kappa shape index (κ3) is 10.5. The molecular formula is C9H21ClSi2. The van der Waals surface area contributed by atoms with Gasteiger partial charge in [0.05, 0.1) is 0 Å². The van der Waals surface area contributed by atoms with Crippen LogP contribution in [0.25, 0.3) is 0 Å². The molecule has 0 aromatic rings. The second-order valence-electron chi connectivity index (χ2n) is 4.25. The summed E-state index contributed by atoms with van der Waals surface area (Å²) in [6.45, 7) is 8.84. The van der Waals surface area contributed by atoms with E-state index in [0.29, 0.717) is 0 Å². The molecule has 0 unspecified atom stereocenters. The quantitative estimate of drug-likeness (QED) is 0.379. The first-order chi connectivity index (χ1) is 5.42. The second-order valence-corrected chi connectivity index (χ2v) is 12.9. The van der Waals surface area contributed by atoms with Crippen molar-refractivity contribution in [2.75, 3.05) is 0 Å². The van der Waals surface area contributed by atoms with Gasteiger partial charge in [-0.05, 0) is 19.9 Å². The molecule has 0 fully saturated rings. The monoisotopic (exact) mass is 220 g/mol. The summed E-state index contributed by atoms with van der Waals surface area (Å²) in [5.41, 5.74) is 3.94. The number of rotatable bonds is 5. The number of hydrogen-bond donors (Lipinski definition) is 0. The Kier molecular flexibility index (Phi) is 6.23. The van der Waals surface area contributed by atoms with E-state index in [-0.39, 0.29) is 9.52 Å². The lowest BCUT2D eigenvalue weighted by atomic mass is 10.4. The van der Waals surface area contributed by atoms with Gasteiger partial charge in [0.15, 0.2) is 0 Å². The Labute approximate surface area is 84.9 Å². The van der Waals surface area contributed by atoms with Gasteiger partial charge in [-0.25, -0.2) is 0 Å². The minimum atomic E-state index is -1.26. The molecule has 3 heteroatoms. The molecule has 0 aliphatic heterocycles. The molecule has 12 heavy (non-hydrogen) atoms. The summed E-state index contributed by atoms with van der Waals surface area (Å²) < 4.78 is 0. The van der Waals surface area contributed by atoms with Crippen molar-refractivity contribution in [1.29, 1.82) is 0 Å². The highest BCUT2D eigenvalue weighted by atomic mass is 35.6. The first-order valence-electron chi connectivity index (χ1n) is 4.74. The molecule has 0 aliphatic rings. The lowest BCUT2D eigenvalue weighted by Crippen LogP contribution is -2.15. The molecule has 0 radical (unpaired) electrons. The Morgan fingerprint density at radius 3 is 2.42 bits per heavy atom. The van der Waals surface area contributed by atoms with Crippen LogP contribution in [-0.2, 0) is 0 Å². The number of hydrogen-bond acceptors (Lipinski definition) is 0. The summed E-state index contributed by atoms with van der Waals surface area (Å²) in [6.07, 6.45) is 1.36. The van der Waals surface area contributed by atoms with Gasteiger partial charge in [0.25, 0.3) is 0 Å². The van der Waals surface area contributed by atoms with Gasteiger partial charge in [-0.1, -0.05) is 31.1 Å². The van der Waals surface area contributed by atoms with Crippen molar-refractivity contribution in [3.8, 4) is 0 Å². The van der Waals surface area contributed by atoms with Gasteiger partial charge in [-0.3, -0.25) is 0 Å². The average molecular weight is 221 g/mol. The van der Waals surface area contributed by atoms with E-state index < -0.39 is 7.38 Å². The molecule has 0 aromatic heterocycles. The summed E-state index contributed by atoms with van der Waals surface area (Å²) in [4.78, 5) is 0. The van der Waals surface area contributed by atoms with Crippen molar-refractivity contribution in [2.24, 2.45) is 0 Å².